The second-order valence-electron chi connectivity index (χ2n) is 3.19. The quantitative estimate of drug-likeness (QED) is 0.534. The average molecular weight is 169 g/mol. The van der Waals surface area contributed by atoms with Crippen LogP contribution in [0.25, 0.3) is 21.7 Å². The third-order valence-electron chi connectivity index (χ3n) is 2.34. The summed E-state index contributed by atoms with van der Waals surface area (Å²) in [5.41, 5.74) is 1.18. The Morgan fingerprint density at radius 3 is 2.77 bits per heavy atom. The lowest BCUT2D eigenvalue weighted by Crippen LogP contribution is -1.87. The van der Waals surface area contributed by atoms with Crippen molar-refractivity contribution in [1.29, 1.82) is 0 Å². The molecule has 0 unspecified atom stereocenters. The minimum Gasteiger partial charge on any atom is -0.361 e. The molecule has 0 aliphatic rings. The number of fused-ring (bicyclic) bond motifs is 2. The Labute approximate surface area is 75.2 Å². The summed E-state index contributed by atoms with van der Waals surface area (Å²) in [6.07, 6.45) is 5.97. The Hall–Kier alpha value is -1.83. The van der Waals surface area contributed by atoms with Crippen LogP contribution >= 0.6 is 0 Å². The zero-order valence-corrected chi connectivity index (χ0v) is 7.04. The maximum absolute atomic E-state index is 3.22. The second-order valence-corrected chi connectivity index (χ2v) is 3.19. The molecule has 0 saturated carbocycles. The first-order chi connectivity index (χ1) is 6.43. The van der Waals surface area contributed by atoms with E-state index in [0.717, 1.165) is 0 Å². The standard InChI is InChI=1S/C11H8N2/c1-2-8-4-9-6-12-7-10(9)5-11(8)13-3-1/h1-7,13H/p+1. The molecule has 1 aromatic carbocycles. The van der Waals surface area contributed by atoms with Crippen molar-refractivity contribution in [3.63, 3.8) is 0 Å². The summed E-state index contributed by atoms with van der Waals surface area (Å²) in [5, 5.41) is 3.75. The molecular formula is C11H9N2+. The van der Waals surface area contributed by atoms with Gasteiger partial charge in [-0.25, -0.2) is 4.98 Å². The maximum Gasteiger partial charge on any atom is 0.175 e. The zero-order valence-electron chi connectivity index (χ0n) is 7.04. The third-order valence-corrected chi connectivity index (χ3v) is 2.34. The molecule has 62 valence electrons. The molecule has 0 radical (unpaired) electrons. The first-order valence-corrected chi connectivity index (χ1v) is 4.30. The topological polar surface area (TPSA) is 29.9 Å². The smallest absolute Gasteiger partial charge is 0.175 e. The largest absolute Gasteiger partial charge is 0.361 e. The number of rotatable bonds is 0. The number of nitrogens with one attached hydrogen (secondary N) is 2. The predicted octanol–water partition coefficient (Wildman–Crippen LogP) is 2.14. The van der Waals surface area contributed by atoms with E-state index in [1.54, 1.807) is 0 Å². The minimum absolute atomic E-state index is 1.18. The summed E-state index contributed by atoms with van der Waals surface area (Å²) in [6.45, 7) is 0. The molecule has 2 heteroatoms. The van der Waals surface area contributed by atoms with Crippen LogP contribution in [-0.4, -0.2) is 4.98 Å². The first kappa shape index (κ1) is 6.66. The number of benzene rings is 1. The Bertz CT molecular complexity index is 517. The Morgan fingerprint density at radius 1 is 1.00 bits per heavy atom. The summed E-state index contributed by atoms with van der Waals surface area (Å²) in [4.78, 5) is 6.32. The maximum atomic E-state index is 3.22. The summed E-state index contributed by atoms with van der Waals surface area (Å²) in [6, 6.07) is 8.46. The van der Waals surface area contributed by atoms with Gasteiger partial charge in [-0.1, -0.05) is 6.07 Å². The van der Waals surface area contributed by atoms with Gasteiger partial charge in [-0.15, -0.1) is 0 Å². The predicted molar refractivity (Wildman–Crippen MR) is 52.4 cm³/mol. The lowest BCUT2D eigenvalue weighted by Gasteiger charge is -1.95. The molecule has 3 aromatic rings. The SMILES string of the molecule is c1c[nH]c2cc3c[nH+]cc3cc2c1. The van der Waals surface area contributed by atoms with Gasteiger partial charge >= 0.3 is 0 Å². The van der Waals surface area contributed by atoms with Gasteiger partial charge in [-0.3, -0.25) is 0 Å². The van der Waals surface area contributed by atoms with Crippen LogP contribution in [0.2, 0.25) is 0 Å². The van der Waals surface area contributed by atoms with Gasteiger partial charge in [0.15, 0.2) is 12.4 Å². The number of aromatic nitrogens is 2. The van der Waals surface area contributed by atoms with E-state index in [1.165, 1.54) is 21.7 Å². The summed E-state index contributed by atoms with van der Waals surface area (Å²) in [5.74, 6) is 0. The Morgan fingerprint density at radius 2 is 1.85 bits per heavy atom. The molecule has 0 spiro atoms. The van der Waals surface area contributed by atoms with Gasteiger partial charge in [0.1, 0.15) is 0 Å². The Balaban J connectivity index is 2.57. The number of aromatic amines is 2. The van der Waals surface area contributed by atoms with Gasteiger partial charge < -0.3 is 4.98 Å². The van der Waals surface area contributed by atoms with E-state index in [0.29, 0.717) is 0 Å². The highest BCUT2D eigenvalue weighted by Crippen LogP contribution is 2.19. The van der Waals surface area contributed by atoms with E-state index in [2.05, 4.69) is 28.2 Å². The summed E-state index contributed by atoms with van der Waals surface area (Å²) >= 11 is 0. The first-order valence-electron chi connectivity index (χ1n) is 4.30. The van der Waals surface area contributed by atoms with E-state index < -0.39 is 0 Å². The van der Waals surface area contributed by atoms with Crippen molar-refractivity contribution in [2.24, 2.45) is 0 Å². The van der Waals surface area contributed by atoms with Gasteiger partial charge in [0.05, 0.1) is 10.8 Å². The number of hydrogen-bond donors (Lipinski definition) is 1. The molecule has 0 atom stereocenters. The van der Waals surface area contributed by atoms with Crippen LogP contribution in [0.1, 0.15) is 0 Å². The molecule has 2 N–H and O–H groups in total. The number of pyridine rings is 1. The van der Waals surface area contributed by atoms with Crippen molar-refractivity contribution >= 4 is 21.7 Å². The van der Waals surface area contributed by atoms with Crippen molar-refractivity contribution in [3.05, 3.63) is 42.9 Å². The minimum atomic E-state index is 1.18. The molecule has 2 aromatic heterocycles. The molecule has 0 bridgehead atoms. The van der Waals surface area contributed by atoms with Crippen LogP contribution in [0.4, 0.5) is 0 Å². The molecule has 2 heterocycles. The van der Waals surface area contributed by atoms with Crippen LogP contribution in [0.15, 0.2) is 42.9 Å². The van der Waals surface area contributed by atoms with E-state index in [4.69, 9.17) is 0 Å². The van der Waals surface area contributed by atoms with Crippen LogP contribution in [0.5, 0.6) is 0 Å². The number of H-pyrrole nitrogens is 2. The Kier molecular flexibility index (Phi) is 1.19. The summed E-state index contributed by atoms with van der Waals surface area (Å²) < 4.78 is 0. The molecule has 0 aliphatic heterocycles. The molecule has 0 amide bonds. The van der Waals surface area contributed by atoms with Crippen LogP contribution in [-0.2, 0) is 0 Å². The highest BCUT2D eigenvalue weighted by atomic mass is 14.7. The van der Waals surface area contributed by atoms with Gasteiger partial charge in [0, 0.05) is 11.7 Å². The molecule has 0 fully saturated rings. The lowest BCUT2D eigenvalue weighted by molar-refractivity contribution is -0.371. The molecular weight excluding hydrogens is 160 g/mol. The highest BCUT2D eigenvalue weighted by molar-refractivity contribution is 5.95. The molecule has 0 aliphatic carbocycles. The zero-order chi connectivity index (χ0) is 8.67. The van der Waals surface area contributed by atoms with E-state index in [1.807, 2.05) is 24.7 Å². The van der Waals surface area contributed by atoms with Crippen LogP contribution in [0, 0.1) is 0 Å². The van der Waals surface area contributed by atoms with E-state index in [9.17, 15) is 0 Å². The van der Waals surface area contributed by atoms with E-state index in [-0.39, 0.29) is 0 Å². The third kappa shape index (κ3) is 0.920. The van der Waals surface area contributed by atoms with Gasteiger partial charge in [0.2, 0.25) is 0 Å². The lowest BCUT2D eigenvalue weighted by atomic mass is 10.1. The van der Waals surface area contributed by atoms with E-state index >= 15 is 0 Å². The summed E-state index contributed by atoms with van der Waals surface area (Å²) in [7, 11) is 0. The van der Waals surface area contributed by atoms with Crippen molar-refractivity contribution in [3.8, 4) is 0 Å². The molecule has 2 nitrogen and oxygen atoms in total. The van der Waals surface area contributed by atoms with Crippen molar-refractivity contribution in [2.45, 2.75) is 0 Å². The van der Waals surface area contributed by atoms with Gasteiger partial charge in [0.25, 0.3) is 0 Å². The van der Waals surface area contributed by atoms with Crippen molar-refractivity contribution in [1.82, 2.24) is 4.98 Å². The average Bonchev–Trinajstić information content (AvgIpc) is 2.61. The molecule has 13 heavy (non-hydrogen) atoms. The monoisotopic (exact) mass is 169 g/mol. The van der Waals surface area contributed by atoms with Crippen molar-refractivity contribution in [2.75, 3.05) is 0 Å². The van der Waals surface area contributed by atoms with Gasteiger partial charge in [-0.05, 0) is 23.6 Å². The fourth-order valence-electron chi connectivity index (χ4n) is 1.67. The highest BCUT2D eigenvalue weighted by Gasteiger charge is 2.01. The fourth-order valence-corrected chi connectivity index (χ4v) is 1.67. The fraction of sp³-hybridized carbons (Fsp3) is 0. The molecule has 3 rings (SSSR count). The van der Waals surface area contributed by atoms with Crippen molar-refractivity contribution < 1.29 is 4.98 Å². The van der Waals surface area contributed by atoms with Gasteiger partial charge in [-0.2, -0.15) is 0 Å². The second kappa shape index (κ2) is 2.33. The normalized spacial score (nSPS) is 11.1. The number of hydrogen-bond acceptors (Lipinski definition) is 0. The van der Waals surface area contributed by atoms with Crippen LogP contribution < -0.4 is 4.98 Å². The molecule has 0 saturated heterocycles. The van der Waals surface area contributed by atoms with Crippen LogP contribution in [0.3, 0.4) is 0 Å².